The fourth-order valence-electron chi connectivity index (χ4n) is 1.98. The van der Waals surface area contributed by atoms with Crippen molar-refractivity contribution in [2.75, 3.05) is 5.73 Å². The second-order valence-corrected chi connectivity index (χ2v) is 6.60. The summed E-state index contributed by atoms with van der Waals surface area (Å²) in [5.74, 6) is 2.64. The summed E-state index contributed by atoms with van der Waals surface area (Å²) in [6.45, 7) is 0. The number of hydrogen-bond acceptors (Lipinski definition) is 3. The predicted molar refractivity (Wildman–Crippen MR) is 92.3 cm³/mol. The van der Waals surface area contributed by atoms with Crippen LogP contribution < -0.4 is 5.73 Å². The molecule has 0 unspecified atom stereocenters. The molecule has 3 aromatic rings. The van der Waals surface area contributed by atoms with Gasteiger partial charge < -0.3 is 10.2 Å². The number of hydrogen-bond donors (Lipinski definition) is 1. The number of rotatable bonds is 4. The highest BCUT2D eigenvalue weighted by atomic mass is 79.9. The van der Waals surface area contributed by atoms with Crippen molar-refractivity contribution in [3.05, 3.63) is 70.9 Å². The molecule has 0 aliphatic rings. The van der Waals surface area contributed by atoms with Gasteiger partial charge >= 0.3 is 0 Å². The van der Waals surface area contributed by atoms with Crippen LogP contribution in [-0.4, -0.2) is 0 Å². The summed E-state index contributed by atoms with van der Waals surface area (Å²) in [6.07, 6.45) is 0. The first-order valence-electron chi connectivity index (χ1n) is 6.54. The maximum Gasteiger partial charge on any atom is 0.134 e. The lowest BCUT2D eigenvalue weighted by molar-refractivity contribution is 0.544. The van der Waals surface area contributed by atoms with E-state index in [1.807, 2.05) is 54.6 Å². The monoisotopic (exact) mass is 359 g/mol. The van der Waals surface area contributed by atoms with E-state index in [0.717, 1.165) is 37.9 Å². The Morgan fingerprint density at radius 3 is 2.57 bits per heavy atom. The minimum atomic E-state index is 0.787. The van der Waals surface area contributed by atoms with E-state index in [0.29, 0.717) is 0 Å². The number of benzene rings is 2. The number of furan rings is 1. The van der Waals surface area contributed by atoms with Gasteiger partial charge in [-0.2, -0.15) is 0 Å². The topological polar surface area (TPSA) is 39.2 Å². The van der Waals surface area contributed by atoms with Gasteiger partial charge in [0.15, 0.2) is 0 Å². The molecule has 0 bridgehead atoms. The van der Waals surface area contributed by atoms with Crippen molar-refractivity contribution >= 4 is 33.4 Å². The van der Waals surface area contributed by atoms with Crippen molar-refractivity contribution in [1.29, 1.82) is 0 Å². The van der Waals surface area contributed by atoms with E-state index < -0.39 is 0 Å². The molecule has 0 aliphatic carbocycles. The van der Waals surface area contributed by atoms with Crippen LogP contribution >= 0.6 is 27.7 Å². The first-order chi connectivity index (χ1) is 10.2. The van der Waals surface area contributed by atoms with Crippen LogP contribution in [0.2, 0.25) is 0 Å². The van der Waals surface area contributed by atoms with Gasteiger partial charge in [-0.05, 0) is 42.5 Å². The van der Waals surface area contributed by atoms with Crippen LogP contribution in [0.25, 0.3) is 11.3 Å². The maximum atomic E-state index is 5.89. The summed E-state index contributed by atoms with van der Waals surface area (Å²) >= 11 is 5.15. The summed E-state index contributed by atoms with van der Waals surface area (Å²) in [5, 5.41) is 0. The summed E-state index contributed by atoms with van der Waals surface area (Å²) in [4.78, 5) is 1.15. The van der Waals surface area contributed by atoms with Crippen molar-refractivity contribution < 1.29 is 4.42 Å². The minimum absolute atomic E-state index is 0.787. The standard InChI is InChI=1S/C17H14BrNOS/c18-13-6-4-12(5-7-13)17-9-8-15(20-17)11-21-16-3-1-2-14(19)10-16/h1-10H,11,19H2. The quantitative estimate of drug-likeness (QED) is 0.487. The van der Waals surface area contributed by atoms with E-state index in [1.54, 1.807) is 11.8 Å². The fourth-order valence-corrected chi connectivity index (χ4v) is 3.11. The Kier molecular flexibility index (Phi) is 4.36. The van der Waals surface area contributed by atoms with Crippen LogP contribution in [0.3, 0.4) is 0 Å². The lowest BCUT2D eigenvalue weighted by Gasteiger charge is -2.01. The van der Waals surface area contributed by atoms with Crippen LogP contribution in [0.5, 0.6) is 0 Å². The molecule has 0 atom stereocenters. The van der Waals surface area contributed by atoms with E-state index in [2.05, 4.69) is 22.0 Å². The molecule has 1 aromatic heterocycles. The second kappa shape index (κ2) is 6.41. The van der Waals surface area contributed by atoms with Gasteiger partial charge in [0.25, 0.3) is 0 Å². The van der Waals surface area contributed by atoms with Crippen LogP contribution in [0.1, 0.15) is 5.76 Å². The maximum absolute atomic E-state index is 5.89. The Morgan fingerprint density at radius 2 is 1.81 bits per heavy atom. The highest BCUT2D eigenvalue weighted by Crippen LogP contribution is 2.28. The normalized spacial score (nSPS) is 10.7. The predicted octanol–water partition coefficient (Wildman–Crippen LogP) is 5.58. The van der Waals surface area contributed by atoms with Crippen LogP contribution in [0.15, 0.2) is 74.4 Å². The van der Waals surface area contributed by atoms with E-state index >= 15 is 0 Å². The summed E-state index contributed by atoms with van der Waals surface area (Å²) in [7, 11) is 0. The van der Waals surface area contributed by atoms with E-state index in [-0.39, 0.29) is 0 Å². The molecule has 0 aliphatic heterocycles. The largest absolute Gasteiger partial charge is 0.460 e. The zero-order valence-electron chi connectivity index (χ0n) is 11.3. The molecule has 3 rings (SSSR count). The van der Waals surface area contributed by atoms with Crippen molar-refractivity contribution in [3.63, 3.8) is 0 Å². The summed E-state index contributed by atoms with van der Waals surface area (Å²) in [5.41, 5.74) is 7.65. The number of nitrogen functional groups attached to an aromatic ring is 1. The number of anilines is 1. The molecule has 1 heterocycles. The van der Waals surface area contributed by atoms with Crippen LogP contribution in [0.4, 0.5) is 5.69 Å². The Labute approximate surface area is 136 Å². The average molecular weight is 360 g/mol. The zero-order valence-corrected chi connectivity index (χ0v) is 13.7. The van der Waals surface area contributed by atoms with Crippen molar-refractivity contribution in [2.45, 2.75) is 10.6 Å². The van der Waals surface area contributed by atoms with Gasteiger partial charge in [0.1, 0.15) is 11.5 Å². The smallest absolute Gasteiger partial charge is 0.134 e. The Balaban J connectivity index is 1.69. The minimum Gasteiger partial charge on any atom is -0.460 e. The van der Waals surface area contributed by atoms with E-state index in [9.17, 15) is 0 Å². The number of halogens is 1. The molecule has 2 aromatic carbocycles. The lowest BCUT2D eigenvalue weighted by Crippen LogP contribution is -1.84. The molecule has 0 fully saturated rings. The molecule has 0 radical (unpaired) electrons. The molecule has 2 nitrogen and oxygen atoms in total. The molecule has 0 saturated carbocycles. The van der Waals surface area contributed by atoms with Crippen molar-refractivity contribution in [2.24, 2.45) is 0 Å². The Hall–Kier alpha value is -1.65. The summed E-state index contributed by atoms with van der Waals surface area (Å²) < 4.78 is 6.96. The first-order valence-corrected chi connectivity index (χ1v) is 8.31. The van der Waals surface area contributed by atoms with Crippen LogP contribution in [-0.2, 0) is 5.75 Å². The Morgan fingerprint density at radius 1 is 1.00 bits per heavy atom. The fraction of sp³-hybridized carbons (Fsp3) is 0.0588. The molecule has 2 N–H and O–H groups in total. The van der Waals surface area contributed by atoms with Gasteiger partial charge in [-0.1, -0.05) is 34.1 Å². The molecular formula is C17H14BrNOS. The SMILES string of the molecule is Nc1cccc(SCc2ccc(-c3ccc(Br)cc3)o2)c1. The molecule has 4 heteroatoms. The zero-order chi connectivity index (χ0) is 14.7. The molecular weight excluding hydrogens is 346 g/mol. The average Bonchev–Trinajstić information content (AvgIpc) is 2.95. The first kappa shape index (κ1) is 14.3. The summed E-state index contributed by atoms with van der Waals surface area (Å²) in [6, 6.07) is 20.0. The number of nitrogens with two attached hydrogens (primary N) is 1. The van der Waals surface area contributed by atoms with Crippen molar-refractivity contribution in [3.8, 4) is 11.3 Å². The Bertz CT molecular complexity index is 737. The molecule has 106 valence electrons. The van der Waals surface area contributed by atoms with Crippen molar-refractivity contribution in [1.82, 2.24) is 0 Å². The molecule has 21 heavy (non-hydrogen) atoms. The van der Waals surface area contributed by atoms with Crippen LogP contribution in [0, 0.1) is 0 Å². The van der Waals surface area contributed by atoms with Gasteiger partial charge in [-0.3, -0.25) is 0 Å². The third-order valence-corrected chi connectivity index (χ3v) is 4.57. The van der Waals surface area contributed by atoms with Gasteiger partial charge in [0, 0.05) is 20.6 Å². The number of thioether (sulfide) groups is 1. The molecule has 0 amide bonds. The highest BCUT2D eigenvalue weighted by molar-refractivity contribution is 9.10. The van der Waals surface area contributed by atoms with Gasteiger partial charge in [-0.25, -0.2) is 0 Å². The molecule has 0 spiro atoms. The van der Waals surface area contributed by atoms with Gasteiger partial charge in [0.2, 0.25) is 0 Å². The van der Waals surface area contributed by atoms with Gasteiger partial charge in [0.05, 0.1) is 5.75 Å². The lowest BCUT2D eigenvalue weighted by atomic mass is 10.2. The highest BCUT2D eigenvalue weighted by Gasteiger charge is 2.05. The molecule has 0 saturated heterocycles. The third kappa shape index (κ3) is 3.71. The third-order valence-electron chi connectivity index (χ3n) is 3.03. The van der Waals surface area contributed by atoms with E-state index in [1.165, 1.54) is 0 Å². The second-order valence-electron chi connectivity index (χ2n) is 4.63. The van der Waals surface area contributed by atoms with E-state index in [4.69, 9.17) is 10.2 Å². The van der Waals surface area contributed by atoms with Gasteiger partial charge in [-0.15, -0.1) is 11.8 Å².